The van der Waals surface area contributed by atoms with Crippen molar-refractivity contribution in [1.29, 1.82) is 5.26 Å². The largest absolute Gasteiger partial charge is 0.490 e. The van der Waals surface area contributed by atoms with E-state index in [2.05, 4.69) is 22.0 Å². The van der Waals surface area contributed by atoms with Crippen LogP contribution < -0.4 is 9.47 Å². The van der Waals surface area contributed by atoms with E-state index in [4.69, 9.17) is 21.1 Å². The Kier molecular flexibility index (Phi) is 7.87. The van der Waals surface area contributed by atoms with Gasteiger partial charge in [-0.1, -0.05) is 23.7 Å². The molecule has 0 saturated heterocycles. The molecule has 0 amide bonds. The molecule has 3 rings (SSSR count). The number of allylic oxidation sites excluding steroid dienone is 1. The van der Waals surface area contributed by atoms with Gasteiger partial charge < -0.3 is 9.47 Å². The van der Waals surface area contributed by atoms with Crippen LogP contribution in [0.2, 0.25) is 5.02 Å². The Morgan fingerprint density at radius 3 is 2.56 bits per heavy atom. The van der Waals surface area contributed by atoms with Gasteiger partial charge in [-0.25, -0.2) is 0 Å². The first-order chi connectivity index (χ1) is 15.4. The third kappa shape index (κ3) is 5.88. The van der Waals surface area contributed by atoms with Gasteiger partial charge in [0.2, 0.25) is 0 Å². The SMILES string of the molecule is CCOc1cc(/C=C(/C#N)c2cccc(Cl)c2)cc(Br)c1OCc1ccc([N+](=O)[O-])cc1. The zero-order valence-corrected chi connectivity index (χ0v) is 19.4. The maximum Gasteiger partial charge on any atom is 0.269 e. The van der Waals surface area contributed by atoms with Crippen molar-refractivity contribution in [2.45, 2.75) is 13.5 Å². The molecule has 0 fully saturated rings. The van der Waals surface area contributed by atoms with Crippen molar-refractivity contribution in [3.05, 3.63) is 97.0 Å². The summed E-state index contributed by atoms with van der Waals surface area (Å²) in [5.41, 5.74) is 2.73. The molecule has 0 heterocycles. The van der Waals surface area contributed by atoms with E-state index in [1.165, 1.54) is 12.1 Å². The normalized spacial score (nSPS) is 11.0. The van der Waals surface area contributed by atoms with Crippen LogP contribution in [-0.4, -0.2) is 11.5 Å². The Labute approximate surface area is 198 Å². The first-order valence-corrected chi connectivity index (χ1v) is 10.8. The second-order valence-corrected chi connectivity index (χ2v) is 7.95. The Morgan fingerprint density at radius 1 is 1.19 bits per heavy atom. The molecule has 0 radical (unpaired) electrons. The number of benzene rings is 3. The Hall–Kier alpha value is -3.34. The van der Waals surface area contributed by atoms with Gasteiger partial charge in [-0.15, -0.1) is 0 Å². The number of rotatable bonds is 8. The molecule has 0 spiro atoms. The summed E-state index contributed by atoms with van der Waals surface area (Å²) in [7, 11) is 0. The molecule has 0 aliphatic carbocycles. The number of nitro benzene ring substituents is 1. The minimum atomic E-state index is -0.445. The average Bonchev–Trinajstić information content (AvgIpc) is 2.77. The number of ether oxygens (including phenoxy) is 2. The van der Waals surface area contributed by atoms with Gasteiger partial charge in [0.05, 0.1) is 27.6 Å². The van der Waals surface area contributed by atoms with Gasteiger partial charge in [-0.05, 0) is 82.0 Å². The van der Waals surface area contributed by atoms with E-state index in [-0.39, 0.29) is 12.3 Å². The molecule has 8 heteroatoms. The number of nitrogens with zero attached hydrogens (tertiary/aromatic N) is 2. The zero-order chi connectivity index (χ0) is 23.1. The van der Waals surface area contributed by atoms with Crippen LogP contribution in [0.15, 0.2) is 65.1 Å². The summed E-state index contributed by atoms with van der Waals surface area (Å²) in [5.74, 6) is 1.02. The van der Waals surface area contributed by atoms with Gasteiger partial charge in [0.25, 0.3) is 5.69 Å². The maximum atomic E-state index is 10.8. The van der Waals surface area contributed by atoms with Gasteiger partial charge in [0.15, 0.2) is 11.5 Å². The Balaban J connectivity index is 1.88. The monoisotopic (exact) mass is 512 g/mol. The fourth-order valence-electron chi connectivity index (χ4n) is 2.95. The summed E-state index contributed by atoms with van der Waals surface area (Å²) < 4.78 is 12.4. The van der Waals surface area contributed by atoms with Crippen LogP contribution in [0.25, 0.3) is 11.6 Å². The zero-order valence-electron chi connectivity index (χ0n) is 17.0. The van der Waals surface area contributed by atoms with Crippen LogP contribution in [-0.2, 0) is 6.61 Å². The second kappa shape index (κ2) is 10.8. The highest BCUT2D eigenvalue weighted by Gasteiger charge is 2.14. The van der Waals surface area contributed by atoms with E-state index in [0.717, 1.165) is 11.1 Å². The summed E-state index contributed by atoms with van der Waals surface area (Å²) in [5, 5.41) is 21.0. The number of hydrogen-bond acceptors (Lipinski definition) is 5. The van der Waals surface area contributed by atoms with Crippen LogP contribution in [0.5, 0.6) is 11.5 Å². The van der Waals surface area contributed by atoms with Crippen molar-refractivity contribution < 1.29 is 14.4 Å². The van der Waals surface area contributed by atoms with Crippen molar-refractivity contribution in [3.63, 3.8) is 0 Å². The lowest BCUT2D eigenvalue weighted by Crippen LogP contribution is -2.01. The van der Waals surface area contributed by atoms with E-state index in [9.17, 15) is 15.4 Å². The van der Waals surface area contributed by atoms with Crippen molar-refractivity contribution in [3.8, 4) is 17.6 Å². The summed E-state index contributed by atoms with van der Waals surface area (Å²) in [6.07, 6.45) is 1.75. The molecule has 0 saturated carbocycles. The molecule has 162 valence electrons. The van der Waals surface area contributed by atoms with E-state index >= 15 is 0 Å². The van der Waals surface area contributed by atoms with Gasteiger partial charge in [0.1, 0.15) is 6.61 Å². The van der Waals surface area contributed by atoms with Crippen molar-refractivity contribution in [2.24, 2.45) is 0 Å². The molecule has 0 aliphatic heterocycles. The maximum absolute atomic E-state index is 10.8. The fourth-order valence-corrected chi connectivity index (χ4v) is 3.71. The van der Waals surface area contributed by atoms with Crippen LogP contribution >= 0.6 is 27.5 Å². The summed E-state index contributed by atoms with van der Waals surface area (Å²) in [4.78, 5) is 10.4. The summed E-state index contributed by atoms with van der Waals surface area (Å²) in [6, 6.07) is 19.1. The lowest BCUT2D eigenvalue weighted by molar-refractivity contribution is -0.384. The van der Waals surface area contributed by atoms with E-state index in [1.54, 1.807) is 42.5 Å². The molecular formula is C24H18BrClN2O4. The molecule has 0 N–H and O–H groups in total. The van der Waals surface area contributed by atoms with E-state index in [0.29, 0.717) is 38.7 Å². The fraction of sp³-hybridized carbons (Fsp3) is 0.125. The molecular weight excluding hydrogens is 496 g/mol. The van der Waals surface area contributed by atoms with Crippen LogP contribution in [0.4, 0.5) is 5.69 Å². The molecule has 0 atom stereocenters. The smallest absolute Gasteiger partial charge is 0.269 e. The minimum Gasteiger partial charge on any atom is -0.490 e. The molecule has 0 bridgehead atoms. The number of nitro groups is 1. The third-order valence-corrected chi connectivity index (χ3v) is 5.25. The minimum absolute atomic E-state index is 0.0223. The highest BCUT2D eigenvalue weighted by molar-refractivity contribution is 9.10. The Morgan fingerprint density at radius 2 is 1.94 bits per heavy atom. The second-order valence-electron chi connectivity index (χ2n) is 6.66. The summed E-state index contributed by atoms with van der Waals surface area (Å²) >= 11 is 9.58. The quantitative estimate of drug-likeness (QED) is 0.139. The molecule has 0 unspecified atom stereocenters. The molecule has 3 aromatic carbocycles. The van der Waals surface area contributed by atoms with Gasteiger partial charge >= 0.3 is 0 Å². The molecule has 32 heavy (non-hydrogen) atoms. The molecule has 0 aromatic heterocycles. The van der Waals surface area contributed by atoms with Crippen molar-refractivity contribution in [1.82, 2.24) is 0 Å². The first-order valence-electron chi connectivity index (χ1n) is 9.61. The average molecular weight is 514 g/mol. The Bertz CT molecular complexity index is 1200. The van der Waals surface area contributed by atoms with E-state index < -0.39 is 4.92 Å². The topological polar surface area (TPSA) is 85.4 Å². The van der Waals surface area contributed by atoms with Crippen LogP contribution in [0.3, 0.4) is 0 Å². The highest BCUT2D eigenvalue weighted by atomic mass is 79.9. The first kappa shape index (κ1) is 23.3. The number of nitriles is 1. The number of hydrogen-bond donors (Lipinski definition) is 0. The highest BCUT2D eigenvalue weighted by Crippen LogP contribution is 2.38. The predicted molar refractivity (Wildman–Crippen MR) is 128 cm³/mol. The van der Waals surface area contributed by atoms with Crippen LogP contribution in [0.1, 0.15) is 23.6 Å². The third-order valence-electron chi connectivity index (χ3n) is 4.43. The van der Waals surface area contributed by atoms with Crippen LogP contribution in [0, 0.1) is 21.4 Å². The van der Waals surface area contributed by atoms with Gasteiger partial charge in [-0.2, -0.15) is 5.26 Å². The number of non-ortho nitro benzene ring substituents is 1. The van der Waals surface area contributed by atoms with Crippen molar-refractivity contribution in [2.75, 3.05) is 6.61 Å². The molecule has 3 aromatic rings. The predicted octanol–water partition coefficient (Wildman–Crippen LogP) is 7.05. The lowest BCUT2D eigenvalue weighted by atomic mass is 10.0. The lowest BCUT2D eigenvalue weighted by Gasteiger charge is -2.15. The summed E-state index contributed by atoms with van der Waals surface area (Å²) in [6.45, 7) is 2.49. The van der Waals surface area contributed by atoms with Gasteiger partial charge in [-0.3, -0.25) is 10.1 Å². The number of halogens is 2. The van der Waals surface area contributed by atoms with Crippen molar-refractivity contribution >= 4 is 44.9 Å². The standard InChI is InChI=1S/C24H18BrClN2O4/c1-2-31-23-12-17(10-19(14-27)18-4-3-5-20(26)13-18)11-22(25)24(23)32-15-16-6-8-21(9-7-16)28(29)30/h3-13H,2,15H2,1H3/b19-10-. The van der Waals surface area contributed by atoms with E-state index in [1.807, 2.05) is 19.1 Å². The van der Waals surface area contributed by atoms with Gasteiger partial charge in [0, 0.05) is 17.2 Å². The molecule has 0 aliphatic rings. The molecule has 6 nitrogen and oxygen atoms in total.